The van der Waals surface area contributed by atoms with E-state index in [0.29, 0.717) is 65.2 Å². The molecule has 6 N–H and O–H groups in total. The van der Waals surface area contributed by atoms with Crippen molar-refractivity contribution in [3.8, 4) is 0 Å². The first-order valence-electron chi connectivity index (χ1n) is 29.9. The van der Waals surface area contributed by atoms with E-state index < -0.39 is 74.1 Å². The molecule has 0 spiro atoms. The molecular weight excluding hydrogens is 1440 g/mol. The molecule has 0 aromatic heterocycles. The van der Waals surface area contributed by atoms with Crippen molar-refractivity contribution in [1.82, 2.24) is 35.6 Å². The van der Waals surface area contributed by atoms with Gasteiger partial charge in [-0.3, -0.25) is 61.7 Å². The molecule has 534 valence electrons. The third-order valence-corrected chi connectivity index (χ3v) is 20.8. The Hall–Kier alpha value is -6.63. The van der Waals surface area contributed by atoms with Gasteiger partial charge in [0.25, 0.3) is 5.91 Å². The fourth-order valence-electron chi connectivity index (χ4n) is 8.73. The molecule has 35 heteroatoms. The van der Waals surface area contributed by atoms with Crippen LogP contribution in [0.15, 0.2) is 103 Å². The zero-order valence-electron chi connectivity index (χ0n) is 55.8. The van der Waals surface area contributed by atoms with Gasteiger partial charge in [-0.25, -0.2) is 0 Å². The number of nitrogens with zero attached hydrogens (tertiary/aromatic N) is 4. The van der Waals surface area contributed by atoms with Gasteiger partial charge in [0.15, 0.2) is 0 Å². The number of likely N-dealkylation sites (N-methyl/N-ethyl adjacent to an activating group) is 3. The minimum atomic E-state index is -5.94. The Kier molecular flexibility index (Phi) is 45.6. The minimum absolute atomic E-state index is 0. The van der Waals surface area contributed by atoms with E-state index in [0.717, 1.165) is 15.9 Å². The number of halogens is 2. The van der Waals surface area contributed by atoms with Crippen molar-refractivity contribution >= 4 is 105 Å². The Morgan fingerprint density at radius 1 is 0.536 bits per heavy atom. The summed E-state index contributed by atoms with van der Waals surface area (Å²) in [6, 6.07) is 29.0. The second-order valence-electron chi connectivity index (χ2n) is 20.7. The van der Waals surface area contributed by atoms with Crippen LogP contribution in [0.5, 0.6) is 0 Å². The van der Waals surface area contributed by atoms with Gasteiger partial charge < -0.3 is 60.3 Å². The molecular formula is C62H88ClIN8NaO23P. The smallest absolute Gasteiger partial charge is 0.463 e. The molecule has 0 aliphatic carbocycles. The number of nitrogens with two attached hydrogens (primary N) is 1. The molecule has 2 aliphatic rings. The number of piperazine rings is 2. The standard InChI is InChI=1S/C35H42ClN2O7P.C20H31N3O8.C4H10N2O2.C3H5NO2.IO4.Na/c1-28(39)44-25-30(26-45-29(2)40)43-24-12-19-34(41)37-20-22-38(23-21-37)35(42)27-46(36,31-13-6-3-7-14-31,32-15-8-4-9-16-32)33-17-10-5-11-18-33;1-15(24)30-13-17(14-31-16(2)25)29-12-4-5-19(27)22-8-10-23(11-9-22)20(28)7-6-18(26)21-3;1-6-4(8)3(5)2-7;1-4-3(6)2-5;2-1(3,4)5;/h3-11,13-18,30H,12,19-27H2,1-2H3;6-7,17H,4-5,8-14H2,1-3H3,(H,21,26);3,7H,2,5H2,1H3,(H,6,8);2H,1H3,(H,4,6);;/q;;;;-1;+1/b;7-6+;;;;. The number of amides is 7. The fraction of sp³-hybridized carbons (Fsp3) is 0.484. The van der Waals surface area contributed by atoms with Crippen molar-refractivity contribution in [2.24, 2.45) is 5.73 Å². The summed E-state index contributed by atoms with van der Waals surface area (Å²) in [4.78, 5) is 143. The van der Waals surface area contributed by atoms with Crippen LogP contribution in [0.4, 0.5) is 0 Å². The van der Waals surface area contributed by atoms with Crippen LogP contribution in [0.25, 0.3) is 0 Å². The van der Waals surface area contributed by atoms with Gasteiger partial charge in [-0.1, -0.05) is 0 Å². The Balaban J connectivity index is 0.00000154. The molecule has 2 heterocycles. The number of benzene rings is 3. The maximum atomic E-state index is 14.2. The molecule has 2 fully saturated rings. The first-order chi connectivity index (χ1) is 45.4. The minimum Gasteiger partial charge on any atom is -0.463 e. The molecule has 5 rings (SSSR count). The Morgan fingerprint density at radius 3 is 1.10 bits per heavy atom. The zero-order chi connectivity index (χ0) is 72.3. The van der Waals surface area contributed by atoms with E-state index in [-0.39, 0.29) is 137 Å². The van der Waals surface area contributed by atoms with Crippen molar-refractivity contribution in [3.05, 3.63) is 103 Å². The predicted molar refractivity (Wildman–Crippen MR) is 339 cm³/mol. The molecule has 3 aromatic rings. The second kappa shape index (κ2) is 49.0. The summed E-state index contributed by atoms with van der Waals surface area (Å²) >= 11 is 2.15. The molecule has 0 bridgehead atoms. The van der Waals surface area contributed by atoms with Crippen LogP contribution in [-0.2, 0) is 86.0 Å². The Labute approximate surface area is 597 Å². The van der Waals surface area contributed by atoms with Crippen LogP contribution in [0.1, 0.15) is 53.4 Å². The molecule has 1 unspecified atom stereocenters. The number of hydrogen-bond acceptors (Lipinski definition) is 24. The number of hydrogen-bond donors (Lipinski definition) is 5. The number of nitrogens with one attached hydrogen (secondary N) is 3. The van der Waals surface area contributed by atoms with E-state index in [4.69, 9.17) is 64.2 Å². The van der Waals surface area contributed by atoms with Gasteiger partial charge in [0, 0.05) is 100 Å². The molecule has 31 nitrogen and oxygen atoms in total. The zero-order valence-corrected chi connectivity index (χ0v) is 61.6. The van der Waals surface area contributed by atoms with Gasteiger partial charge in [0.05, 0.1) is 6.61 Å². The molecule has 0 saturated carbocycles. The largest absolute Gasteiger partial charge is 1.00 e. The van der Waals surface area contributed by atoms with Crippen LogP contribution in [0.3, 0.4) is 0 Å². The monoisotopic (exact) mass is 1530 g/mol. The first kappa shape index (κ1) is 90.4. The van der Waals surface area contributed by atoms with Crippen molar-refractivity contribution in [2.45, 2.75) is 71.6 Å². The second-order valence-corrected chi connectivity index (χ2v) is 29.3. The normalized spacial score (nSPS) is 13.3. The van der Waals surface area contributed by atoms with E-state index in [2.05, 4.69) is 16.0 Å². The number of carbonyl (C=O) groups excluding carboxylic acids is 12. The average Bonchev–Trinajstić information content (AvgIpc) is 0.706. The van der Waals surface area contributed by atoms with Gasteiger partial charge in [-0.05, 0) is 6.42 Å². The summed E-state index contributed by atoms with van der Waals surface area (Å²) in [5, 5.41) is 17.8. The number of carbonyl (C=O) groups is 12. The summed E-state index contributed by atoms with van der Waals surface area (Å²) < 4.78 is 65.5. The maximum absolute atomic E-state index is 14.2. The molecule has 97 heavy (non-hydrogen) atoms. The van der Waals surface area contributed by atoms with Crippen LogP contribution < -0.4 is 101 Å². The summed E-state index contributed by atoms with van der Waals surface area (Å²) in [5.74, 6) is -7.27. The third-order valence-electron chi connectivity index (χ3n) is 13.7. The summed E-state index contributed by atoms with van der Waals surface area (Å²) in [6.07, 6.45) is 2.95. The fourth-order valence-corrected chi connectivity index (χ4v) is 14.6. The van der Waals surface area contributed by atoms with E-state index in [1.54, 1.807) is 14.7 Å². The number of esters is 4. The topological polar surface area (TPSA) is 448 Å². The Morgan fingerprint density at radius 2 is 0.845 bits per heavy atom. The molecule has 3 aromatic carbocycles. The molecule has 1 atom stereocenters. The maximum Gasteiger partial charge on any atom is 1.00 e. The van der Waals surface area contributed by atoms with Crippen molar-refractivity contribution in [1.29, 1.82) is 0 Å². The number of aldehydes is 1. The summed E-state index contributed by atoms with van der Waals surface area (Å²) in [5.41, 5.74) is 5.06. The first-order valence-corrected chi connectivity index (χ1v) is 36.8. The van der Waals surface area contributed by atoms with E-state index in [1.807, 2.05) is 95.9 Å². The van der Waals surface area contributed by atoms with Crippen molar-refractivity contribution in [3.63, 3.8) is 0 Å². The van der Waals surface area contributed by atoms with E-state index >= 15 is 0 Å². The van der Waals surface area contributed by atoms with Crippen LogP contribution in [0.2, 0.25) is 0 Å². The van der Waals surface area contributed by atoms with Crippen molar-refractivity contribution in [2.75, 3.05) is 126 Å². The van der Waals surface area contributed by atoms with E-state index in [1.165, 1.54) is 61.0 Å². The Bertz CT molecular complexity index is 2830. The molecule has 2 saturated heterocycles. The summed E-state index contributed by atoms with van der Waals surface area (Å²) in [6.45, 7) is 8.41. The average molecular weight is 1530 g/mol. The van der Waals surface area contributed by atoms with Gasteiger partial charge in [-0.2, -0.15) is 0 Å². The van der Waals surface area contributed by atoms with Crippen LogP contribution >= 0.6 is 17.2 Å². The van der Waals surface area contributed by atoms with Crippen molar-refractivity contribution < 1.29 is 154 Å². The number of rotatable bonds is 28. The van der Waals surface area contributed by atoms with Gasteiger partial charge >= 0.3 is 271 Å². The molecule has 7 amide bonds. The quantitative estimate of drug-likeness (QED) is 0.00519. The van der Waals surface area contributed by atoms with Gasteiger partial charge in [0.2, 0.25) is 29.9 Å². The van der Waals surface area contributed by atoms with Gasteiger partial charge in [0.1, 0.15) is 58.7 Å². The SMILES string of the molecule is CC(=O)OCC(COC(C)=O)OCCCC(=O)N1CCN(C(=O)CP(Cl)(c2ccccc2)(c2ccccc2)c2ccccc2)CC1.CNC(=O)/C=C/C(=O)N1CCN(C(=O)CCCOC(COC(C)=O)COC(C)=O)CC1.CNC(=O)C(N)CO.CNC(=O)C=O.[Na+].[O-][I+3]([O-])([O-])[O-]. The predicted octanol–water partition coefficient (Wildman–Crippen LogP) is -10.9. The van der Waals surface area contributed by atoms with Crippen LogP contribution in [0, 0.1) is 0 Å². The number of aliphatic hydroxyl groups excluding tert-OH is 1. The summed E-state index contributed by atoms with van der Waals surface area (Å²) in [7, 11) is 4.35. The molecule has 2 aliphatic heterocycles. The van der Waals surface area contributed by atoms with E-state index in [9.17, 15) is 57.5 Å². The van der Waals surface area contributed by atoms with Crippen LogP contribution in [-0.4, -0.2) is 240 Å². The van der Waals surface area contributed by atoms with Gasteiger partial charge in [-0.15, -0.1) is 0 Å². The number of aliphatic hydroxyl groups is 1. The number of ether oxygens (including phenoxy) is 6. The molecule has 0 radical (unpaired) electrons. The third kappa shape index (κ3) is 36.7.